The molecule has 0 amide bonds. The number of hydrogen-bond acceptors (Lipinski definition) is 2. The Labute approximate surface area is 155 Å². The summed E-state index contributed by atoms with van der Waals surface area (Å²) in [6, 6.07) is 0.803. The molecule has 0 aliphatic heterocycles. The van der Waals surface area contributed by atoms with E-state index in [1.54, 1.807) is 0 Å². The van der Waals surface area contributed by atoms with Crippen LogP contribution in [-0.4, -0.2) is 30.8 Å². The van der Waals surface area contributed by atoms with Gasteiger partial charge in [0.15, 0.2) is 0 Å². The van der Waals surface area contributed by atoms with E-state index in [0.717, 1.165) is 29.7 Å². The highest BCUT2D eigenvalue weighted by molar-refractivity contribution is 5.79. The van der Waals surface area contributed by atoms with Crippen molar-refractivity contribution in [1.29, 1.82) is 0 Å². The largest absolute Gasteiger partial charge is 0.306 e. The lowest BCUT2D eigenvalue weighted by Gasteiger charge is -2.61. The number of Topliss-reactive ketones (excluding diaryl/α,β-unsaturated/α-hetero) is 1. The maximum Gasteiger partial charge on any atom is 0.133 e. The predicted octanol–water partition coefficient (Wildman–Crippen LogP) is 5.16. The molecule has 25 heavy (non-hydrogen) atoms. The van der Waals surface area contributed by atoms with Crippen molar-refractivity contribution in [2.75, 3.05) is 14.1 Å². The maximum absolute atomic E-state index is 12.3. The van der Waals surface area contributed by atoms with E-state index >= 15 is 0 Å². The standard InChI is InChI=1S/C23H39NO/c1-15(25)19-8-9-20-18-7-6-16-14-17(24(4)5)10-12-22(16,2)21(18)11-13-23(19,20)3/h16-21H,6-14H2,1-5H3. The fourth-order valence-electron chi connectivity index (χ4n) is 8.37. The molecule has 0 aromatic carbocycles. The molecule has 0 heterocycles. The molecule has 0 aromatic rings. The molecule has 4 aliphatic rings. The molecule has 2 nitrogen and oxygen atoms in total. The topological polar surface area (TPSA) is 20.3 Å². The molecular formula is C23H39NO. The highest BCUT2D eigenvalue weighted by atomic mass is 16.1. The van der Waals surface area contributed by atoms with Gasteiger partial charge in [-0.05, 0) is 113 Å². The molecule has 4 rings (SSSR count). The lowest BCUT2D eigenvalue weighted by Crippen LogP contribution is -2.55. The monoisotopic (exact) mass is 345 g/mol. The summed E-state index contributed by atoms with van der Waals surface area (Å²) in [5.41, 5.74) is 0.891. The maximum atomic E-state index is 12.3. The van der Waals surface area contributed by atoms with Crippen molar-refractivity contribution in [3.05, 3.63) is 0 Å². The number of hydrogen-bond donors (Lipinski definition) is 0. The van der Waals surface area contributed by atoms with Gasteiger partial charge in [-0.2, -0.15) is 0 Å². The third-order valence-electron chi connectivity index (χ3n) is 9.86. The van der Waals surface area contributed by atoms with Crippen LogP contribution < -0.4 is 0 Å². The minimum Gasteiger partial charge on any atom is -0.306 e. The van der Waals surface area contributed by atoms with E-state index in [0.29, 0.717) is 22.5 Å². The van der Waals surface area contributed by atoms with Gasteiger partial charge in [-0.25, -0.2) is 0 Å². The zero-order chi connectivity index (χ0) is 18.0. The second kappa shape index (κ2) is 6.08. The average molecular weight is 346 g/mol. The molecule has 0 radical (unpaired) electrons. The molecule has 142 valence electrons. The van der Waals surface area contributed by atoms with E-state index in [4.69, 9.17) is 0 Å². The van der Waals surface area contributed by atoms with Crippen molar-refractivity contribution in [2.24, 2.45) is 40.4 Å². The first kappa shape index (κ1) is 18.0. The lowest BCUT2D eigenvalue weighted by molar-refractivity contribution is -0.135. The summed E-state index contributed by atoms with van der Waals surface area (Å²) >= 11 is 0. The van der Waals surface area contributed by atoms with E-state index < -0.39 is 0 Å². The van der Waals surface area contributed by atoms with Crippen molar-refractivity contribution < 1.29 is 4.79 Å². The van der Waals surface area contributed by atoms with Gasteiger partial charge in [0.2, 0.25) is 0 Å². The van der Waals surface area contributed by atoms with E-state index in [1.807, 2.05) is 6.92 Å². The van der Waals surface area contributed by atoms with Gasteiger partial charge < -0.3 is 4.90 Å². The molecule has 2 heteroatoms. The average Bonchev–Trinajstić information content (AvgIpc) is 2.91. The molecule has 4 saturated carbocycles. The summed E-state index contributed by atoms with van der Waals surface area (Å²) < 4.78 is 0. The molecule has 0 spiro atoms. The smallest absolute Gasteiger partial charge is 0.133 e. The number of nitrogens with zero attached hydrogens (tertiary/aromatic N) is 1. The summed E-state index contributed by atoms with van der Waals surface area (Å²) in [5, 5.41) is 0. The van der Waals surface area contributed by atoms with Crippen LogP contribution in [0.25, 0.3) is 0 Å². The summed E-state index contributed by atoms with van der Waals surface area (Å²) in [4.78, 5) is 14.7. The molecule has 4 fully saturated rings. The Hall–Kier alpha value is -0.370. The highest BCUT2D eigenvalue weighted by Gasteiger charge is 2.60. The molecule has 0 N–H and O–H groups in total. The van der Waals surface area contributed by atoms with Gasteiger partial charge in [0, 0.05) is 12.0 Å². The molecule has 8 unspecified atom stereocenters. The highest BCUT2D eigenvalue weighted by Crippen LogP contribution is 2.67. The summed E-state index contributed by atoms with van der Waals surface area (Å²) in [5.74, 6) is 4.41. The van der Waals surface area contributed by atoms with Crippen LogP contribution in [0.15, 0.2) is 0 Å². The van der Waals surface area contributed by atoms with Gasteiger partial charge in [0.05, 0.1) is 0 Å². The van der Waals surface area contributed by atoms with Gasteiger partial charge in [-0.1, -0.05) is 13.8 Å². The Kier molecular flexibility index (Phi) is 4.38. The van der Waals surface area contributed by atoms with Crippen LogP contribution in [0, 0.1) is 40.4 Å². The third-order valence-corrected chi connectivity index (χ3v) is 9.86. The summed E-state index contributed by atoms with van der Waals surface area (Å²) in [6.07, 6.45) is 12.3. The first-order valence-corrected chi connectivity index (χ1v) is 10.9. The normalized spacial score (nSPS) is 52.4. The molecule has 0 saturated heterocycles. The minimum atomic E-state index is 0.317. The van der Waals surface area contributed by atoms with E-state index in [-0.39, 0.29) is 0 Å². The summed E-state index contributed by atoms with van der Waals surface area (Å²) in [7, 11) is 4.54. The number of carbonyl (C=O) groups excluding carboxylic acids is 1. The van der Waals surface area contributed by atoms with Gasteiger partial charge in [0.25, 0.3) is 0 Å². The van der Waals surface area contributed by atoms with Gasteiger partial charge in [0.1, 0.15) is 5.78 Å². The van der Waals surface area contributed by atoms with Crippen LogP contribution in [-0.2, 0) is 4.79 Å². The molecular weight excluding hydrogens is 306 g/mol. The van der Waals surface area contributed by atoms with Crippen molar-refractivity contribution in [2.45, 2.75) is 84.6 Å². The Morgan fingerprint density at radius 2 is 1.56 bits per heavy atom. The van der Waals surface area contributed by atoms with Gasteiger partial charge >= 0.3 is 0 Å². The van der Waals surface area contributed by atoms with Crippen LogP contribution in [0.3, 0.4) is 0 Å². The Morgan fingerprint density at radius 1 is 0.880 bits per heavy atom. The molecule has 0 aromatic heterocycles. The van der Waals surface area contributed by atoms with Crippen molar-refractivity contribution in [3.63, 3.8) is 0 Å². The van der Waals surface area contributed by atoms with Crippen LogP contribution >= 0.6 is 0 Å². The quantitative estimate of drug-likeness (QED) is 0.688. The Morgan fingerprint density at radius 3 is 2.24 bits per heavy atom. The van der Waals surface area contributed by atoms with E-state index in [1.165, 1.54) is 57.8 Å². The summed E-state index contributed by atoms with van der Waals surface area (Å²) in [6.45, 7) is 6.98. The first-order valence-electron chi connectivity index (χ1n) is 10.9. The number of ketones is 1. The van der Waals surface area contributed by atoms with Crippen LogP contribution in [0.2, 0.25) is 0 Å². The number of fused-ring (bicyclic) bond motifs is 5. The number of carbonyl (C=O) groups is 1. The van der Waals surface area contributed by atoms with Crippen molar-refractivity contribution in [1.82, 2.24) is 4.90 Å². The van der Waals surface area contributed by atoms with Gasteiger partial charge in [-0.15, -0.1) is 0 Å². The first-order chi connectivity index (χ1) is 11.8. The van der Waals surface area contributed by atoms with E-state index in [2.05, 4.69) is 32.8 Å². The second-order valence-electron chi connectivity index (χ2n) is 10.8. The molecule has 0 bridgehead atoms. The second-order valence-corrected chi connectivity index (χ2v) is 10.8. The zero-order valence-electron chi connectivity index (χ0n) is 17.2. The van der Waals surface area contributed by atoms with Crippen LogP contribution in [0.5, 0.6) is 0 Å². The molecule has 4 aliphatic carbocycles. The lowest BCUT2D eigenvalue weighted by atomic mass is 9.44. The minimum absolute atomic E-state index is 0.317. The van der Waals surface area contributed by atoms with Crippen LogP contribution in [0.4, 0.5) is 0 Å². The van der Waals surface area contributed by atoms with Crippen molar-refractivity contribution in [3.8, 4) is 0 Å². The predicted molar refractivity (Wildman–Crippen MR) is 103 cm³/mol. The third kappa shape index (κ3) is 2.57. The SMILES string of the molecule is CC(=O)C1CCC2C3CCC4CC(N(C)C)CCC4(C)C3CCC12C. The Bertz CT molecular complexity index is 542. The zero-order valence-corrected chi connectivity index (χ0v) is 17.2. The Balaban J connectivity index is 1.57. The van der Waals surface area contributed by atoms with Crippen molar-refractivity contribution >= 4 is 5.78 Å². The van der Waals surface area contributed by atoms with Crippen LogP contribution in [0.1, 0.15) is 78.6 Å². The van der Waals surface area contributed by atoms with Gasteiger partial charge in [-0.3, -0.25) is 4.79 Å². The fraction of sp³-hybridized carbons (Fsp3) is 0.957. The molecule has 8 atom stereocenters. The van der Waals surface area contributed by atoms with E-state index in [9.17, 15) is 4.79 Å². The number of rotatable bonds is 2. The fourth-order valence-corrected chi connectivity index (χ4v) is 8.37.